The Balaban J connectivity index is 1.35. The molecule has 152 valence electrons. The zero-order chi connectivity index (χ0) is 19.1. The van der Waals surface area contributed by atoms with Crippen LogP contribution in [0.5, 0.6) is 5.75 Å². The lowest BCUT2D eigenvalue weighted by Crippen LogP contribution is -2.44. The van der Waals surface area contributed by atoms with Crippen molar-refractivity contribution in [2.45, 2.75) is 51.8 Å². The van der Waals surface area contributed by atoms with Crippen LogP contribution >= 0.6 is 0 Å². The third-order valence-electron chi connectivity index (χ3n) is 4.88. The Morgan fingerprint density at radius 2 is 1.63 bits per heavy atom. The zero-order valence-electron chi connectivity index (χ0n) is 15.7. The molecule has 0 unspecified atom stereocenters. The predicted octanol–water partition coefficient (Wildman–Crippen LogP) is 4.00. The van der Waals surface area contributed by atoms with Crippen LogP contribution in [0.2, 0.25) is 0 Å². The van der Waals surface area contributed by atoms with Gasteiger partial charge in [0.15, 0.2) is 12.6 Å². The molecule has 0 saturated carbocycles. The summed E-state index contributed by atoms with van der Waals surface area (Å²) < 4.78 is 52.0. The number of rotatable bonds is 8. The van der Waals surface area contributed by atoms with Gasteiger partial charge in [0.25, 0.3) is 0 Å². The summed E-state index contributed by atoms with van der Waals surface area (Å²) >= 11 is 0. The standard InChI is InChI=1S/C20H28F2O5/c1-2-3-15-10-25-19(26-11-15)16-12-23-18(24-13-16)9-6-14-4-7-17(8-5-14)27-20(21)22/h4-5,7-8,15-16,18-20H,2-3,6,9-13H2,1H3/t15-,16-,18-,19-. The van der Waals surface area contributed by atoms with E-state index in [0.29, 0.717) is 25.6 Å². The van der Waals surface area contributed by atoms with Crippen LogP contribution in [0, 0.1) is 11.8 Å². The number of benzene rings is 1. The van der Waals surface area contributed by atoms with E-state index in [-0.39, 0.29) is 24.2 Å². The molecular formula is C20H28F2O5. The molecule has 2 saturated heterocycles. The van der Waals surface area contributed by atoms with Crippen LogP contribution in [0.1, 0.15) is 31.7 Å². The first kappa shape index (κ1) is 20.5. The third kappa shape index (κ3) is 6.38. The highest BCUT2D eigenvalue weighted by atomic mass is 19.3. The summed E-state index contributed by atoms with van der Waals surface area (Å²) in [6.07, 6.45) is 3.19. The van der Waals surface area contributed by atoms with Crippen molar-refractivity contribution in [2.24, 2.45) is 11.8 Å². The molecule has 0 aliphatic carbocycles. The minimum absolute atomic E-state index is 0.0922. The normalized spacial score (nSPS) is 29.0. The first-order valence-corrected chi connectivity index (χ1v) is 9.64. The Hall–Kier alpha value is -1.28. The smallest absolute Gasteiger partial charge is 0.387 e. The monoisotopic (exact) mass is 386 g/mol. The molecule has 2 heterocycles. The minimum Gasteiger partial charge on any atom is -0.435 e. The SMILES string of the molecule is CCC[C@H]1CO[C@H]([C@H]2CO[C@H](CCc3ccc(OC(F)F)cc3)OC2)OC1. The van der Waals surface area contributed by atoms with Crippen molar-refractivity contribution in [3.8, 4) is 5.75 Å². The van der Waals surface area contributed by atoms with Crippen LogP contribution in [0.3, 0.4) is 0 Å². The maximum atomic E-state index is 12.2. The molecule has 2 fully saturated rings. The van der Waals surface area contributed by atoms with Crippen LogP contribution < -0.4 is 4.74 Å². The van der Waals surface area contributed by atoms with Crippen molar-refractivity contribution in [1.29, 1.82) is 0 Å². The van der Waals surface area contributed by atoms with Gasteiger partial charge in [-0.2, -0.15) is 8.78 Å². The fourth-order valence-electron chi connectivity index (χ4n) is 3.41. The summed E-state index contributed by atoms with van der Waals surface area (Å²) in [5.41, 5.74) is 1.02. The number of alkyl halides is 2. The fourth-order valence-corrected chi connectivity index (χ4v) is 3.41. The van der Waals surface area contributed by atoms with Crippen molar-refractivity contribution >= 4 is 0 Å². The molecule has 5 nitrogen and oxygen atoms in total. The van der Waals surface area contributed by atoms with Crippen LogP contribution in [0.25, 0.3) is 0 Å². The molecule has 3 rings (SSSR count). The summed E-state index contributed by atoms with van der Waals surface area (Å²) in [6.45, 7) is 1.94. The van der Waals surface area contributed by atoms with Gasteiger partial charge in [-0.25, -0.2) is 0 Å². The van der Waals surface area contributed by atoms with Gasteiger partial charge in [-0.3, -0.25) is 0 Å². The summed E-state index contributed by atoms with van der Waals surface area (Å²) in [6, 6.07) is 6.65. The summed E-state index contributed by atoms with van der Waals surface area (Å²) in [4.78, 5) is 0. The Morgan fingerprint density at radius 3 is 2.22 bits per heavy atom. The Kier molecular flexibility index (Phi) is 7.81. The van der Waals surface area contributed by atoms with Crippen molar-refractivity contribution in [3.05, 3.63) is 29.8 Å². The molecule has 0 spiro atoms. The molecule has 1 aromatic rings. The maximum absolute atomic E-state index is 12.2. The van der Waals surface area contributed by atoms with Crippen LogP contribution in [0.4, 0.5) is 8.78 Å². The summed E-state index contributed by atoms with van der Waals surface area (Å²) in [5, 5.41) is 0. The van der Waals surface area contributed by atoms with Gasteiger partial charge in [-0.15, -0.1) is 0 Å². The molecule has 0 radical (unpaired) electrons. The minimum atomic E-state index is -2.80. The first-order chi connectivity index (χ1) is 13.1. The van der Waals surface area contributed by atoms with Gasteiger partial charge in [0.2, 0.25) is 0 Å². The molecule has 27 heavy (non-hydrogen) atoms. The lowest BCUT2D eigenvalue weighted by Gasteiger charge is -2.37. The van der Waals surface area contributed by atoms with Crippen molar-refractivity contribution in [1.82, 2.24) is 0 Å². The number of halogens is 2. The van der Waals surface area contributed by atoms with Gasteiger partial charge >= 0.3 is 6.61 Å². The summed E-state index contributed by atoms with van der Waals surface area (Å²) in [5.74, 6) is 0.743. The van der Waals surface area contributed by atoms with E-state index in [2.05, 4.69) is 11.7 Å². The zero-order valence-corrected chi connectivity index (χ0v) is 15.7. The van der Waals surface area contributed by atoms with Gasteiger partial charge < -0.3 is 23.7 Å². The number of hydrogen-bond donors (Lipinski definition) is 0. The number of ether oxygens (including phenoxy) is 5. The van der Waals surface area contributed by atoms with Crippen LogP contribution in [-0.4, -0.2) is 45.6 Å². The Bertz CT molecular complexity index is 538. The highest BCUT2D eigenvalue weighted by Crippen LogP contribution is 2.25. The van der Waals surface area contributed by atoms with Gasteiger partial charge in [0, 0.05) is 12.3 Å². The van der Waals surface area contributed by atoms with E-state index in [1.165, 1.54) is 0 Å². The highest BCUT2D eigenvalue weighted by molar-refractivity contribution is 5.27. The summed E-state index contributed by atoms with van der Waals surface area (Å²) in [7, 11) is 0. The first-order valence-electron chi connectivity index (χ1n) is 9.64. The lowest BCUT2D eigenvalue weighted by atomic mass is 10.0. The highest BCUT2D eigenvalue weighted by Gasteiger charge is 2.33. The second-order valence-electron chi connectivity index (χ2n) is 7.11. The average Bonchev–Trinajstić information content (AvgIpc) is 2.68. The molecule has 2 aliphatic rings. The molecule has 7 heteroatoms. The van der Waals surface area contributed by atoms with E-state index in [1.54, 1.807) is 24.3 Å². The molecule has 0 amide bonds. The van der Waals surface area contributed by atoms with Gasteiger partial charge in [-0.05, 0) is 30.5 Å². The second-order valence-corrected chi connectivity index (χ2v) is 7.11. The number of hydrogen-bond acceptors (Lipinski definition) is 5. The van der Waals surface area contributed by atoms with Gasteiger partial charge in [0.1, 0.15) is 5.75 Å². The molecule has 0 N–H and O–H groups in total. The van der Waals surface area contributed by atoms with Crippen LogP contribution in [-0.2, 0) is 25.4 Å². The molecule has 0 atom stereocenters. The van der Waals surface area contributed by atoms with E-state index < -0.39 is 6.61 Å². The topological polar surface area (TPSA) is 46.2 Å². The van der Waals surface area contributed by atoms with E-state index in [4.69, 9.17) is 18.9 Å². The molecular weight excluding hydrogens is 358 g/mol. The van der Waals surface area contributed by atoms with E-state index >= 15 is 0 Å². The van der Waals surface area contributed by atoms with E-state index in [1.807, 2.05) is 0 Å². The molecule has 0 aromatic heterocycles. The van der Waals surface area contributed by atoms with E-state index in [0.717, 1.165) is 38.0 Å². The average molecular weight is 386 g/mol. The van der Waals surface area contributed by atoms with Crippen molar-refractivity contribution in [3.63, 3.8) is 0 Å². The van der Waals surface area contributed by atoms with Gasteiger partial charge in [0.05, 0.1) is 32.3 Å². The third-order valence-corrected chi connectivity index (χ3v) is 4.88. The largest absolute Gasteiger partial charge is 0.435 e. The molecule has 1 aromatic carbocycles. The van der Waals surface area contributed by atoms with E-state index in [9.17, 15) is 8.78 Å². The number of aryl methyl sites for hydroxylation is 1. The van der Waals surface area contributed by atoms with Crippen molar-refractivity contribution < 1.29 is 32.5 Å². The van der Waals surface area contributed by atoms with Crippen molar-refractivity contribution in [2.75, 3.05) is 26.4 Å². The molecule has 2 aliphatic heterocycles. The quantitative estimate of drug-likeness (QED) is 0.676. The Labute approximate surface area is 158 Å². The lowest BCUT2D eigenvalue weighted by molar-refractivity contribution is -0.281. The predicted molar refractivity (Wildman–Crippen MR) is 94.7 cm³/mol. The van der Waals surface area contributed by atoms with Crippen LogP contribution in [0.15, 0.2) is 24.3 Å². The molecule has 0 bridgehead atoms. The fraction of sp³-hybridized carbons (Fsp3) is 0.700. The Morgan fingerprint density at radius 1 is 0.963 bits per heavy atom. The maximum Gasteiger partial charge on any atom is 0.387 e. The second kappa shape index (κ2) is 10.3. The van der Waals surface area contributed by atoms with Gasteiger partial charge in [-0.1, -0.05) is 25.5 Å².